The van der Waals surface area contributed by atoms with E-state index in [2.05, 4.69) is 28.1 Å². The maximum Gasteiger partial charge on any atom is 0.312 e. The molecule has 6 rings (SSSR count). The summed E-state index contributed by atoms with van der Waals surface area (Å²) in [7, 11) is 0. The van der Waals surface area contributed by atoms with Crippen LogP contribution in [0.5, 0.6) is 0 Å². The van der Waals surface area contributed by atoms with Crippen molar-refractivity contribution in [1.29, 1.82) is 0 Å². The van der Waals surface area contributed by atoms with Crippen LogP contribution in [0.2, 0.25) is 0 Å². The standard InChI is InChI=1S/C22H26BrNO3/c23-22-10-15-7-16(11-22)9-21(8-15,14-22)20(26)27-13-19(25)24-6-5-17-3-1-2-4-18(17)12-24/h1-4,15-16H,5-14H2/t15-,16+,21?,22?. The average Bonchev–Trinajstić information content (AvgIpc) is 2.63. The van der Waals surface area contributed by atoms with Crippen LogP contribution in [0.4, 0.5) is 0 Å². The first-order valence-corrected chi connectivity index (χ1v) is 10.9. The Morgan fingerprint density at radius 2 is 1.81 bits per heavy atom. The van der Waals surface area contributed by atoms with E-state index in [1.165, 1.54) is 30.4 Å². The molecule has 144 valence electrons. The quantitative estimate of drug-likeness (QED) is 0.539. The highest BCUT2D eigenvalue weighted by molar-refractivity contribution is 9.10. The molecule has 4 bridgehead atoms. The first-order valence-electron chi connectivity index (χ1n) is 10.2. The van der Waals surface area contributed by atoms with E-state index in [4.69, 9.17) is 4.74 Å². The van der Waals surface area contributed by atoms with Crippen LogP contribution in [0.25, 0.3) is 0 Å². The van der Waals surface area contributed by atoms with Gasteiger partial charge in [-0.3, -0.25) is 9.59 Å². The van der Waals surface area contributed by atoms with Crippen molar-refractivity contribution in [2.24, 2.45) is 17.3 Å². The van der Waals surface area contributed by atoms with Gasteiger partial charge in [-0.2, -0.15) is 0 Å². The van der Waals surface area contributed by atoms with Crippen molar-refractivity contribution in [3.8, 4) is 0 Å². The van der Waals surface area contributed by atoms with Gasteiger partial charge in [-0.15, -0.1) is 0 Å². The summed E-state index contributed by atoms with van der Waals surface area (Å²) in [6.07, 6.45) is 7.26. The Morgan fingerprint density at radius 3 is 2.52 bits per heavy atom. The summed E-state index contributed by atoms with van der Waals surface area (Å²) >= 11 is 3.94. The third kappa shape index (κ3) is 3.12. The third-order valence-electron chi connectivity index (χ3n) is 7.23. The topological polar surface area (TPSA) is 46.6 Å². The zero-order valence-electron chi connectivity index (χ0n) is 15.6. The molecule has 0 radical (unpaired) electrons. The Kier molecular flexibility index (Phi) is 4.15. The summed E-state index contributed by atoms with van der Waals surface area (Å²) in [5.41, 5.74) is 2.16. The number of amides is 1. The highest BCUT2D eigenvalue weighted by atomic mass is 79.9. The molecule has 2 unspecified atom stereocenters. The van der Waals surface area contributed by atoms with Crippen LogP contribution in [0.3, 0.4) is 0 Å². The van der Waals surface area contributed by atoms with E-state index in [1.54, 1.807) is 0 Å². The van der Waals surface area contributed by atoms with Crippen LogP contribution in [0.1, 0.15) is 49.7 Å². The number of hydrogen-bond donors (Lipinski definition) is 0. The third-order valence-corrected chi connectivity index (χ3v) is 8.16. The van der Waals surface area contributed by atoms with Gasteiger partial charge in [-0.1, -0.05) is 40.2 Å². The lowest BCUT2D eigenvalue weighted by atomic mass is 9.49. The molecule has 4 saturated carbocycles. The average molecular weight is 432 g/mol. The van der Waals surface area contributed by atoms with Crippen LogP contribution in [-0.2, 0) is 27.3 Å². The molecule has 0 N–H and O–H groups in total. The van der Waals surface area contributed by atoms with Crippen molar-refractivity contribution in [3.63, 3.8) is 0 Å². The van der Waals surface area contributed by atoms with E-state index in [0.717, 1.165) is 25.7 Å². The lowest BCUT2D eigenvalue weighted by molar-refractivity contribution is -0.172. The summed E-state index contributed by atoms with van der Waals surface area (Å²) in [6.45, 7) is 1.20. The molecule has 1 aromatic rings. The fourth-order valence-corrected chi connectivity index (χ4v) is 7.92. The van der Waals surface area contributed by atoms with E-state index < -0.39 is 0 Å². The van der Waals surface area contributed by atoms with Crippen LogP contribution < -0.4 is 0 Å². The summed E-state index contributed by atoms with van der Waals surface area (Å²) < 4.78 is 5.75. The second-order valence-electron chi connectivity index (χ2n) is 9.30. The molecule has 5 aliphatic rings. The van der Waals surface area contributed by atoms with E-state index in [1.807, 2.05) is 17.0 Å². The zero-order valence-corrected chi connectivity index (χ0v) is 17.2. The van der Waals surface area contributed by atoms with Gasteiger partial charge in [0.15, 0.2) is 6.61 Å². The fourth-order valence-electron chi connectivity index (χ4n) is 6.47. The molecule has 0 spiro atoms. The Hall–Kier alpha value is -1.36. The fraction of sp³-hybridized carbons (Fsp3) is 0.636. The number of carbonyl (C=O) groups is 2. The van der Waals surface area contributed by atoms with E-state index >= 15 is 0 Å². The number of ether oxygens (including phenoxy) is 1. The first-order chi connectivity index (χ1) is 12.9. The molecule has 0 saturated heterocycles. The SMILES string of the molecule is O=C(COC(=O)C12C[C@@H]3C[C@@H](CC(Br)(C3)C1)C2)N1CCc2ccccc2C1. The molecular weight excluding hydrogens is 406 g/mol. The van der Waals surface area contributed by atoms with Gasteiger partial charge in [0.25, 0.3) is 5.91 Å². The molecule has 27 heavy (non-hydrogen) atoms. The molecule has 0 aromatic heterocycles. The number of rotatable bonds is 3. The number of alkyl halides is 1. The van der Waals surface area contributed by atoms with Gasteiger partial charge in [0.05, 0.1) is 5.41 Å². The Labute approximate surface area is 168 Å². The number of fused-ring (bicyclic) bond motifs is 1. The molecule has 4 fully saturated rings. The van der Waals surface area contributed by atoms with Gasteiger partial charge in [-0.25, -0.2) is 0 Å². The zero-order chi connectivity index (χ0) is 18.6. The Bertz CT molecular complexity index is 778. The lowest BCUT2D eigenvalue weighted by Gasteiger charge is -2.58. The highest BCUT2D eigenvalue weighted by Crippen LogP contribution is 2.64. The number of esters is 1. The number of nitrogens with zero attached hydrogens (tertiary/aromatic N) is 1. The summed E-state index contributed by atoms with van der Waals surface area (Å²) in [4.78, 5) is 27.5. The van der Waals surface area contributed by atoms with E-state index in [9.17, 15) is 9.59 Å². The molecule has 4 aliphatic carbocycles. The maximum absolute atomic E-state index is 13.0. The van der Waals surface area contributed by atoms with E-state index in [0.29, 0.717) is 24.9 Å². The van der Waals surface area contributed by atoms with Gasteiger partial charge >= 0.3 is 5.97 Å². The van der Waals surface area contributed by atoms with Gasteiger partial charge in [0.2, 0.25) is 0 Å². The lowest BCUT2D eigenvalue weighted by Crippen LogP contribution is -2.56. The largest absolute Gasteiger partial charge is 0.455 e. The van der Waals surface area contributed by atoms with Crippen LogP contribution in [-0.4, -0.2) is 34.3 Å². The van der Waals surface area contributed by atoms with Crippen molar-refractivity contribution < 1.29 is 14.3 Å². The molecule has 1 aromatic carbocycles. The Morgan fingerprint density at radius 1 is 1.11 bits per heavy atom. The molecular formula is C22H26BrNO3. The minimum absolute atomic E-state index is 0.0730. The first kappa shape index (κ1) is 17.7. The molecule has 1 amide bonds. The molecule has 4 atom stereocenters. The maximum atomic E-state index is 13.0. The van der Waals surface area contributed by atoms with Crippen molar-refractivity contribution in [2.75, 3.05) is 13.2 Å². The van der Waals surface area contributed by atoms with Crippen molar-refractivity contribution in [1.82, 2.24) is 4.90 Å². The minimum atomic E-state index is -0.359. The van der Waals surface area contributed by atoms with Crippen molar-refractivity contribution in [2.45, 2.75) is 55.8 Å². The summed E-state index contributed by atoms with van der Waals surface area (Å²) in [5, 5.41) is 0. The second-order valence-corrected chi connectivity index (χ2v) is 11.0. The molecule has 1 heterocycles. The smallest absolute Gasteiger partial charge is 0.312 e. The van der Waals surface area contributed by atoms with Crippen LogP contribution >= 0.6 is 15.9 Å². The van der Waals surface area contributed by atoms with Gasteiger partial charge in [-0.05, 0) is 67.9 Å². The number of carbonyl (C=O) groups excluding carboxylic acids is 2. The molecule has 5 heteroatoms. The van der Waals surface area contributed by atoms with Gasteiger partial charge in [0, 0.05) is 17.4 Å². The second kappa shape index (κ2) is 6.33. The number of benzene rings is 1. The van der Waals surface area contributed by atoms with Crippen LogP contribution in [0.15, 0.2) is 24.3 Å². The molecule has 4 nitrogen and oxygen atoms in total. The summed E-state index contributed by atoms with van der Waals surface area (Å²) in [6, 6.07) is 8.25. The van der Waals surface area contributed by atoms with E-state index in [-0.39, 0.29) is 28.2 Å². The van der Waals surface area contributed by atoms with Crippen LogP contribution in [0, 0.1) is 17.3 Å². The molecule has 1 aliphatic heterocycles. The summed E-state index contributed by atoms with van der Waals surface area (Å²) in [5.74, 6) is 1.06. The highest BCUT2D eigenvalue weighted by Gasteiger charge is 2.60. The monoisotopic (exact) mass is 431 g/mol. The predicted octanol–water partition coefficient (Wildman–Crippen LogP) is 3.85. The predicted molar refractivity (Wildman–Crippen MR) is 105 cm³/mol. The van der Waals surface area contributed by atoms with Gasteiger partial charge < -0.3 is 9.64 Å². The Balaban J connectivity index is 1.22. The van der Waals surface area contributed by atoms with Gasteiger partial charge in [0.1, 0.15) is 0 Å². The van der Waals surface area contributed by atoms with Crippen molar-refractivity contribution in [3.05, 3.63) is 35.4 Å². The van der Waals surface area contributed by atoms with Crippen molar-refractivity contribution >= 4 is 27.8 Å². The normalized spacial score (nSPS) is 36.4. The number of hydrogen-bond acceptors (Lipinski definition) is 3. The minimum Gasteiger partial charge on any atom is -0.455 e. The number of halogens is 1.